The van der Waals surface area contributed by atoms with Crippen LogP contribution in [0.3, 0.4) is 0 Å². The fourth-order valence-corrected chi connectivity index (χ4v) is 5.90. The lowest BCUT2D eigenvalue weighted by atomic mass is 9.86. The highest BCUT2D eigenvalue weighted by atomic mass is 31.1. The number of hydrogen-bond acceptors (Lipinski definition) is 1. The summed E-state index contributed by atoms with van der Waals surface area (Å²) in [5.41, 5.74) is 14.9. The van der Waals surface area contributed by atoms with E-state index in [9.17, 15) is 0 Å². The summed E-state index contributed by atoms with van der Waals surface area (Å²) in [4.78, 5) is 7.20. The topological polar surface area (TPSA) is 48.8 Å². The van der Waals surface area contributed by atoms with Crippen molar-refractivity contribution in [3.63, 3.8) is 0 Å². The Bertz CT molecular complexity index is 593. The molecule has 0 spiro atoms. The monoisotopic (exact) mass is 251 g/mol. The third-order valence-electron chi connectivity index (χ3n) is 3.84. The van der Waals surface area contributed by atoms with E-state index in [4.69, 9.17) is 5.53 Å². The van der Waals surface area contributed by atoms with E-state index in [1.807, 2.05) is 0 Å². The minimum absolute atomic E-state index is 0.313. The van der Waals surface area contributed by atoms with E-state index >= 15 is 0 Å². The van der Waals surface area contributed by atoms with Gasteiger partial charge >= 0.3 is 0 Å². The number of nitrogens with zero attached hydrogens (tertiary/aromatic N) is 3. The van der Waals surface area contributed by atoms with E-state index in [1.165, 1.54) is 22.3 Å². The second-order valence-corrected chi connectivity index (χ2v) is 6.59. The summed E-state index contributed by atoms with van der Waals surface area (Å²) in [5.74, 6) is 0. The highest BCUT2D eigenvalue weighted by molar-refractivity contribution is 7.58. The maximum absolute atomic E-state index is 8.82. The summed E-state index contributed by atoms with van der Waals surface area (Å²) >= 11 is 0. The van der Waals surface area contributed by atoms with Crippen molar-refractivity contribution < 1.29 is 0 Å². The largest absolute Gasteiger partial charge is 0.0706 e. The first-order valence-electron chi connectivity index (χ1n) is 5.93. The van der Waals surface area contributed by atoms with Crippen LogP contribution in [0.4, 0.5) is 0 Å². The van der Waals surface area contributed by atoms with Crippen LogP contribution in [0.15, 0.2) is 53.4 Å². The Morgan fingerprint density at radius 2 is 1.22 bits per heavy atom. The number of rotatable bonds is 1. The molecular formula is C14H10N3P. The van der Waals surface area contributed by atoms with Crippen molar-refractivity contribution in [3.8, 4) is 0 Å². The van der Waals surface area contributed by atoms with Crippen molar-refractivity contribution in [1.82, 2.24) is 0 Å². The van der Waals surface area contributed by atoms with Gasteiger partial charge in [0.05, 0.1) is 0 Å². The van der Waals surface area contributed by atoms with Gasteiger partial charge in [0.2, 0.25) is 0 Å². The summed E-state index contributed by atoms with van der Waals surface area (Å²) < 4.78 is 0. The molecule has 0 fully saturated rings. The molecule has 2 aromatic carbocycles. The van der Waals surface area contributed by atoms with Crippen molar-refractivity contribution in [1.29, 1.82) is 0 Å². The maximum Gasteiger partial charge on any atom is 0.0367 e. The van der Waals surface area contributed by atoms with E-state index in [2.05, 4.69) is 58.3 Å². The van der Waals surface area contributed by atoms with Crippen LogP contribution >= 0.6 is 8.07 Å². The third-order valence-corrected chi connectivity index (χ3v) is 6.30. The van der Waals surface area contributed by atoms with E-state index in [1.54, 1.807) is 0 Å². The average molecular weight is 251 g/mol. The Kier molecular flexibility index (Phi) is 2.02. The van der Waals surface area contributed by atoms with Crippen LogP contribution in [0.2, 0.25) is 0 Å². The molecule has 0 N–H and O–H groups in total. The molecule has 18 heavy (non-hydrogen) atoms. The van der Waals surface area contributed by atoms with Crippen molar-refractivity contribution in [2.24, 2.45) is 4.88 Å². The van der Waals surface area contributed by atoms with Gasteiger partial charge in [0, 0.05) is 24.3 Å². The zero-order valence-corrected chi connectivity index (χ0v) is 10.5. The lowest BCUT2D eigenvalue weighted by molar-refractivity contribution is 1.04. The molecule has 2 heterocycles. The van der Waals surface area contributed by atoms with E-state index < -0.39 is 8.07 Å². The van der Waals surface area contributed by atoms with Crippen LogP contribution in [0, 0.1) is 0 Å². The van der Waals surface area contributed by atoms with Crippen molar-refractivity contribution in [3.05, 3.63) is 81.2 Å². The minimum Gasteiger partial charge on any atom is -0.0706 e. The Labute approximate surface area is 106 Å². The van der Waals surface area contributed by atoms with Gasteiger partial charge in [-0.2, -0.15) is 0 Å². The number of azide groups is 1. The predicted octanol–water partition coefficient (Wildman–Crippen LogP) is 4.90. The van der Waals surface area contributed by atoms with Gasteiger partial charge in [0.1, 0.15) is 0 Å². The van der Waals surface area contributed by atoms with Crippen LogP contribution < -0.4 is 0 Å². The van der Waals surface area contributed by atoms with Gasteiger partial charge in [-0.25, -0.2) is 0 Å². The van der Waals surface area contributed by atoms with Crippen LogP contribution in [-0.4, -0.2) is 0 Å². The molecule has 0 unspecified atom stereocenters. The molecule has 0 saturated carbocycles. The average Bonchev–Trinajstić information content (AvgIpc) is 2.90. The zero-order chi connectivity index (χ0) is 12.1. The second kappa shape index (κ2) is 3.58. The Balaban J connectivity index is 2.02. The molecule has 2 bridgehead atoms. The normalized spacial score (nSPS) is 26.3. The number of fused-ring (bicyclic) bond motifs is 8. The molecule has 2 aromatic rings. The van der Waals surface area contributed by atoms with Gasteiger partial charge in [-0.3, -0.25) is 0 Å². The highest BCUT2D eigenvalue weighted by Crippen LogP contribution is 2.78. The molecule has 0 radical (unpaired) electrons. The molecule has 86 valence electrons. The molecule has 0 atom stereocenters. The number of hydrogen-bond donors (Lipinski definition) is 0. The summed E-state index contributed by atoms with van der Waals surface area (Å²) in [6.45, 7) is 0. The standard InChI is InChI=1S/C14H10N3P/c15-16-17-18-13-9-5-1-2-6-10(9)14(18)12-8-4-3-7-11(12)13/h1-8,13-14H. The lowest BCUT2D eigenvalue weighted by Gasteiger charge is -2.17. The summed E-state index contributed by atoms with van der Waals surface area (Å²) in [7, 11) is -0.702. The van der Waals surface area contributed by atoms with Gasteiger partial charge in [-0.1, -0.05) is 53.4 Å². The van der Waals surface area contributed by atoms with Gasteiger partial charge in [0.15, 0.2) is 0 Å². The Morgan fingerprint density at radius 1 is 0.833 bits per heavy atom. The van der Waals surface area contributed by atoms with Crippen molar-refractivity contribution in [2.45, 2.75) is 11.3 Å². The van der Waals surface area contributed by atoms with Crippen molar-refractivity contribution in [2.75, 3.05) is 0 Å². The van der Waals surface area contributed by atoms with Crippen LogP contribution in [0.25, 0.3) is 10.4 Å². The maximum atomic E-state index is 8.82. The summed E-state index contributed by atoms with van der Waals surface area (Å²) in [5, 5.41) is 0. The predicted molar refractivity (Wildman–Crippen MR) is 72.6 cm³/mol. The molecule has 4 heteroatoms. The zero-order valence-electron chi connectivity index (χ0n) is 9.56. The quantitative estimate of drug-likeness (QED) is 0.299. The molecule has 2 aliphatic heterocycles. The molecule has 0 aromatic heterocycles. The highest BCUT2D eigenvalue weighted by Gasteiger charge is 2.48. The molecule has 3 nitrogen and oxygen atoms in total. The van der Waals surface area contributed by atoms with Gasteiger partial charge in [-0.15, -0.1) is 0 Å². The minimum atomic E-state index is -0.702. The summed E-state index contributed by atoms with van der Waals surface area (Å²) in [6, 6.07) is 17.0. The first-order valence-corrected chi connectivity index (χ1v) is 7.36. The molecule has 0 saturated heterocycles. The van der Waals surface area contributed by atoms with Crippen molar-refractivity contribution >= 4 is 8.07 Å². The number of benzene rings is 2. The molecule has 2 aliphatic rings. The van der Waals surface area contributed by atoms with E-state index in [0.717, 1.165) is 0 Å². The first-order chi connectivity index (χ1) is 8.92. The SMILES string of the molecule is [N-]=[N+]=NP1C2c3ccccc3C1c1ccccc12. The van der Waals surface area contributed by atoms with Crippen LogP contribution in [0.5, 0.6) is 0 Å². The lowest BCUT2D eigenvalue weighted by Crippen LogP contribution is -2.01. The van der Waals surface area contributed by atoms with Crippen LogP contribution in [0.1, 0.15) is 33.6 Å². The van der Waals surface area contributed by atoms with Crippen LogP contribution in [-0.2, 0) is 0 Å². The molecule has 0 amide bonds. The Hall–Kier alpha value is -1.82. The van der Waals surface area contributed by atoms with Gasteiger partial charge in [0.25, 0.3) is 0 Å². The molecular weight excluding hydrogens is 241 g/mol. The Morgan fingerprint density at radius 3 is 1.56 bits per heavy atom. The van der Waals surface area contributed by atoms with E-state index in [0.29, 0.717) is 11.3 Å². The van der Waals surface area contributed by atoms with E-state index in [-0.39, 0.29) is 0 Å². The second-order valence-electron chi connectivity index (χ2n) is 4.62. The fraction of sp³-hybridized carbons (Fsp3) is 0.143. The van der Waals surface area contributed by atoms with Gasteiger partial charge in [-0.05, 0) is 27.8 Å². The smallest absolute Gasteiger partial charge is 0.0367 e. The first kappa shape index (κ1) is 10.1. The molecule has 4 rings (SSSR count). The fourth-order valence-electron chi connectivity index (χ4n) is 3.22. The molecule has 0 aliphatic carbocycles. The third kappa shape index (κ3) is 1.11. The summed E-state index contributed by atoms with van der Waals surface area (Å²) in [6.07, 6.45) is 0. The van der Waals surface area contributed by atoms with Gasteiger partial charge < -0.3 is 0 Å².